The lowest BCUT2D eigenvalue weighted by molar-refractivity contribution is -0.117. The van der Waals surface area contributed by atoms with Crippen LogP contribution in [0.5, 0.6) is 5.75 Å². The summed E-state index contributed by atoms with van der Waals surface area (Å²) in [5, 5.41) is 7.32. The van der Waals surface area contributed by atoms with Gasteiger partial charge in [0.05, 0.1) is 17.5 Å². The van der Waals surface area contributed by atoms with Gasteiger partial charge in [0, 0.05) is 0 Å². The summed E-state index contributed by atoms with van der Waals surface area (Å²) in [4.78, 5) is 15.8. The molecule has 2 heterocycles. The highest BCUT2D eigenvalue weighted by molar-refractivity contribution is 6.32. The van der Waals surface area contributed by atoms with Crippen LogP contribution < -0.4 is 10.1 Å². The van der Waals surface area contributed by atoms with E-state index in [1.54, 1.807) is 22.9 Å². The number of anilines is 1. The van der Waals surface area contributed by atoms with E-state index in [0.717, 1.165) is 5.56 Å². The SMILES string of the molecule is C=CCOc1ccc([C@@H]2CC(=O)Nc3ncnn32)cc1Cl. The number of amides is 1. The van der Waals surface area contributed by atoms with Crippen LogP contribution in [0.1, 0.15) is 18.0 Å². The molecule has 3 rings (SSSR count). The van der Waals surface area contributed by atoms with Gasteiger partial charge in [-0.15, -0.1) is 0 Å². The molecule has 108 valence electrons. The van der Waals surface area contributed by atoms with Crippen molar-refractivity contribution < 1.29 is 9.53 Å². The molecular weight excluding hydrogens is 292 g/mol. The number of hydrogen-bond donors (Lipinski definition) is 1. The molecule has 0 saturated carbocycles. The van der Waals surface area contributed by atoms with E-state index in [1.165, 1.54) is 6.33 Å². The molecule has 0 radical (unpaired) electrons. The molecule has 7 heteroatoms. The fourth-order valence-corrected chi connectivity index (χ4v) is 2.50. The van der Waals surface area contributed by atoms with E-state index in [1.807, 2.05) is 6.07 Å². The molecule has 0 saturated heterocycles. The van der Waals surface area contributed by atoms with Crippen molar-refractivity contribution >= 4 is 23.5 Å². The first kappa shape index (κ1) is 13.6. The molecule has 1 aromatic carbocycles. The maximum atomic E-state index is 11.7. The van der Waals surface area contributed by atoms with Crippen LogP contribution in [0.2, 0.25) is 5.02 Å². The minimum absolute atomic E-state index is 0.0939. The number of benzene rings is 1. The summed E-state index contributed by atoms with van der Waals surface area (Å²) in [6.45, 7) is 3.98. The van der Waals surface area contributed by atoms with Crippen LogP contribution in [0, 0.1) is 0 Å². The topological polar surface area (TPSA) is 69.0 Å². The van der Waals surface area contributed by atoms with Gasteiger partial charge in [0.1, 0.15) is 18.7 Å². The molecule has 0 spiro atoms. The minimum atomic E-state index is -0.220. The second-order valence-electron chi connectivity index (χ2n) is 4.59. The molecule has 21 heavy (non-hydrogen) atoms. The molecule has 1 aromatic heterocycles. The first-order valence-corrected chi connectivity index (χ1v) is 6.79. The maximum Gasteiger partial charge on any atom is 0.229 e. The quantitative estimate of drug-likeness (QED) is 0.881. The number of carbonyl (C=O) groups excluding carboxylic acids is 1. The van der Waals surface area contributed by atoms with Crippen LogP contribution >= 0.6 is 11.6 Å². The van der Waals surface area contributed by atoms with Gasteiger partial charge >= 0.3 is 0 Å². The average Bonchev–Trinajstić information content (AvgIpc) is 2.93. The third-order valence-electron chi connectivity index (χ3n) is 3.20. The van der Waals surface area contributed by atoms with Crippen molar-refractivity contribution in [1.82, 2.24) is 14.8 Å². The van der Waals surface area contributed by atoms with Crippen molar-refractivity contribution in [3.05, 3.63) is 47.8 Å². The van der Waals surface area contributed by atoms with Crippen molar-refractivity contribution in [2.45, 2.75) is 12.5 Å². The zero-order chi connectivity index (χ0) is 14.8. The zero-order valence-corrected chi connectivity index (χ0v) is 11.9. The summed E-state index contributed by atoms with van der Waals surface area (Å²) < 4.78 is 7.12. The standard InChI is InChI=1S/C14H13ClN4O2/c1-2-5-21-12-4-3-9(6-10(12)15)11-7-13(20)18-14-16-8-17-19(11)14/h2-4,6,8,11H,1,5,7H2,(H,16,17,18,20)/t11-/m0/s1. The molecule has 1 aliphatic rings. The van der Waals surface area contributed by atoms with Gasteiger partial charge < -0.3 is 4.74 Å². The zero-order valence-electron chi connectivity index (χ0n) is 11.1. The molecule has 1 aliphatic heterocycles. The van der Waals surface area contributed by atoms with E-state index >= 15 is 0 Å². The number of carbonyl (C=O) groups is 1. The van der Waals surface area contributed by atoms with Crippen molar-refractivity contribution in [3.8, 4) is 5.75 Å². The fraction of sp³-hybridized carbons (Fsp3) is 0.214. The number of hydrogen-bond acceptors (Lipinski definition) is 4. The second-order valence-corrected chi connectivity index (χ2v) is 4.99. The van der Waals surface area contributed by atoms with Gasteiger partial charge in [0.25, 0.3) is 0 Å². The third-order valence-corrected chi connectivity index (χ3v) is 3.49. The summed E-state index contributed by atoms with van der Waals surface area (Å²) in [5.74, 6) is 0.933. The monoisotopic (exact) mass is 304 g/mol. The number of fused-ring (bicyclic) bond motifs is 1. The van der Waals surface area contributed by atoms with E-state index in [0.29, 0.717) is 29.7 Å². The molecule has 6 nitrogen and oxygen atoms in total. The van der Waals surface area contributed by atoms with Gasteiger partial charge in [0.15, 0.2) is 0 Å². The fourth-order valence-electron chi connectivity index (χ4n) is 2.25. The van der Waals surface area contributed by atoms with Crippen molar-refractivity contribution in [2.24, 2.45) is 0 Å². The number of nitrogens with one attached hydrogen (secondary N) is 1. The van der Waals surface area contributed by atoms with Gasteiger partial charge in [-0.1, -0.05) is 30.3 Å². The van der Waals surface area contributed by atoms with Crippen LogP contribution in [-0.2, 0) is 4.79 Å². The molecule has 1 atom stereocenters. The number of rotatable bonds is 4. The summed E-state index contributed by atoms with van der Waals surface area (Å²) in [5.41, 5.74) is 0.882. The molecule has 0 unspecified atom stereocenters. The van der Waals surface area contributed by atoms with E-state index in [-0.39, 0.29) is 11.9 Å². The molecule has 0 bridgehead atoms. The Bertz CT molecular complexity index is 698. The number of ether oxygens (including phenoxy) is 1. The van der Waals surface area contributed by atoms with E-state index in [4.69, 9.17) is 16.3 Å². The highest BCUT2D eigenvalue weighted by Crippen LogP contribution is 2.33. The van der Waals surface area contributed by atoms with Crippen LogP contribution in [0.3, 0.4) is 0 Å². The predicted octanol–water partition coefficient (Wildman–Crippen LogP) is 2.43. The van der Waals surface area contributed by atoms with Gasteiger partial charge in [-0.05, 0) is 17.7 Å². The Morgan fingerprint density at radius 2 is 2.43 bits per heavy atom. The van der Waals surface area contributed by atoms with E-state index in [2.05, 4.69) is 22.0 Å². The Morgan fingerprint density at radius 1 is 1.57 bits per heavy atom. The summed E-state index contributed by atoms with van der Waals surface area (Å²) in [6, 6.07) is 5.22. The average molecular weight is 305 g/mol. The predicted molar refractivity (Wildman–Crippen MR) is 78.6 cm³/mol. The lowest BCUT2D eigenvalue weighted by atomic mass is 10.0. The van der Waals surface area contributed by atoms with Gasteiger partial charge in [-0.2, -0.15) is 10.1 Å². The minimum Gasteiger partial charge on any atom is -0.488 e. The summed E-state index contributed by atoms with van der Waals surface area (Å²) >= 11 is 6.22. The van der Waals surface area contributed by atoms with E-state index in [9.17, 15) is 4.79 Å². The van der Waals surface area contributed by atoms with Gasteiger partial charge in [-0.3, -0.25) is 10.1 Å². The molecule has 0 aliphatic carbocycles. The Labute approximate surface area is 126 Å². The maximum absolute atomic E-state index is 11.7. The number of nitrogens with zero attached hydrogens (tertiary/aromatic N) is 3. The molecule has 1 N–H and O–H groups in total. The van der Waals surface area contributed by atoms with E-state index < -0.39 is 0 Å². The molecule has 1 amide bonds. The lowest BCUT2D eigenvalue weighted by Gasteiger charge is -2.24. The van der Waals surface area contributed by atoms with Crippen LogP contribution in [0.4, 0.5) is 5.95 Å². The number of halogens is 1. The van der Waals surface area contributed by atoms with Crippen LogP contribution in [-0.4, -0.2) is 27.3 Å². The highest BCUT2D eigenvalue weighted by atomic mass is 35.5. The Kier molecular flexibility index (Phi) is 3.62. The first-order chi connectivity index (χ1) is 10.2. The Balaban J connectivity index is 1.93. The Morgan fingerprint density at radius 3 is 3.19 bits per heavy atom. The summed E-state index contributed by atoms with van der Waals surface area (Å²) in [6.07, 6.45) is 3.36. The second kappa shape index (κ2) is 5.57. The smallest absolute Gasteiger partial charge is 0.229 e. The third kappa shape index (κ3) is 2.62. The molecule has 2 aromatic rings. The van der Waals surface area contributed by atoms with Gasteiger partial charge in [0.2, 0.25) is 11.9 Å². The molecular formula is C14H13ClN4O2. The molecule has 0 fully saturated rings. The lowest BCUT2D eigenvalue weighted by Crippen LogP contribution is -2.29. The highest BCUT2D eigenvalue weighted by Gasteiger charge is 2.28. The Hall–Kier alpha value is -2.34. The van der Waals surface area contributed by atoms with Crippen molar-refractivity contribution in [2.75, 3.05) is 11.9 Å². The summed E-state index contributed by atoms with van der Waals surface area (Å²) in [7, 11) is 0. The first-order valence-electron chi connectivity index (χ1n) is 6.41. The number of aromatic nitrogens is 3. The van der Waals surface area contributed by atoms with Crippen LogP contribution in [0.15, 0.2) is 37.2 Å². The van der Waals surface area contributed by atoms with Crippen molar-refractivity contribution in [1.29, 1.82) is 0 Å². The van der Waals surface area contributed by atoms with Crippen LogP contribution in [0.25, 0.3) is 0 Å². The largest absolute Gasteiger partial charge is 0.488 e. The van der Waals surface area contributed by atoms with Gasteiger partial charge in [-0.25, -0.2) is 4.68 Å². The van der Waals surface area contributed by atoms with Crippen molar-refractivity contribution in [3.63, 3.8) is 0 Å². The normalized spacial score (nSPS) is 17.0.